The molecule has 1 fully saturated rings. The van der Waals surface area contributed by atoms with E-state index >= 15 is 0 Å². The minimum atomic E-state index is -0.0575. The molecule has 112 valence electrons. The van der Waals surface area contributed by atoms with Gasteiger partial charge < -0.3 is 16.0 Å². The van der Waals surface area contributed by atoms with Crippen molar-refractivity contribution in [2.24, 2.45) is 11.7 Å². The fraction of sp³-hybridized carbons (Fsp3) is 0.846. The zero-order chi connectivity index (χ0) is 13.5. The molecule has 1 aliphatic rings. The Morgan fingerprint density at radius 2 is 1.84 bits per heavy atom. The average Bonchev–Trinajstić information content (AvgIpc) is 3.19. The molecule has 1 rings (SSSR count). The van der Waals surface area contributed by atoms with Crippen LogP contribution in [0.25, 0.3) is 0 Å². The highest BCUT2D eigenvalue weighted by Gasteiger charge is 2.31. The van der Waals surface area contributed by atoms with Gasteiger partial charge in [-0.1, -0.05) is 0 Å². The lowest BCUT2D eigenvalue weighted by molar-refractivity contribution is -0.133. The number of nitrogens with one attached hydrogen (secondary N) is 1. The molecule has 0 aromatic rings. The fourth-order valence-corrected chi connectivity index (χ4v) is 2.10. The predicted molar refractivity (Wildman–Crippen MR) is 78.1 cm³/mol. The van der Waals surface area contributed by atoms with E-state index in [2.05, 4.69) is 5.32 Å². The molecule has 6 heteroatoms. The normalized spacial score (nSPS) is 15.3. The monoisotopic (exact) mass is 291 g/mol. The zero-order valence-electron chi connectivity index (χ0n) is 11.9. The molecule has 0 bridgehead atoms. The first-order valence-electron chi connectivity index (χ1n) is 6.89. The van der Waals surface area contributed by atoms with Crippen molar-refractivity contribution in [3.8, 4) is 0 Å². The summed E-state index contributed by atoms with van der Waals surface area (Å²) < 4.78 is 0. The van der Waals surface area contributed by atoms with Crippen LogP contribution in [-0.4, -0.2) is 42.4 Å². The number of halogens is 1. The van der Waals surface area contributed by atoms with Gasteiger partial charge in [-0.3, -0.25) is 9.59 Å². The largest absolute Gasteiger partial charge is 0.352 e. The molecule has 1 aliphatic carbocycles. The van der Waals surface area contributed by atoms with Gasteiger partial charge in [-0.25, -0.2) is 0 Å². The lowest BCUT2D eigenvalue weighted by Gasteiger charge is -2.19. The Morgan fingerprint density at radius 1 is 1.26 bits per heavy atom. The van der Waals surface area contributed by atoms with Crippen LogP contribution in [0.3, 0.4) is 0 Å². The highest BCUT2D eigenvalue weighted by atomic mass is 35.5. The molecule has 0 aromatic carbocycles. The molecule has 1 atom stereocenters. The van der Waals surface area contributed by atoms with Crippen LogP contribution in [0.4, 0.5) is 0 Å². The van der Waals surface area contributed by atoms with E-state index in [4.69, 9.17) is 5.73 Å². The third-order valence-electron chi connectivity index (χ3n) is 3.47. The zero-order valence-corrected chi connectivity index (χ0v) is 12.7. The average molecular weight is 292 g/mol. The van der Waals surface area contributed by atoms with Gasteiger partial charge in [0, 0.05) is 38.5 Å². The third kappa shape index (κ3) is 6.25. The van der Waals surface area contributed by atoms with Crippen LogP contribution in [0.5, 0.6) is 0 Å². The summed E-state index contributed by atoms with van der Waals surface area (Å²) >= 11 is 0. The Morgan fingerprint density at radius 3 is 2.26 bits per heavy atom. The molecule has 0 heterocycles. The summed E-state index contributed by atoms with van der Waals surface area (Å²) in [5.74, 6) is 0.543. The SMILES string of the molecule is CCN(CC)C(=O)CCC(=O)NC(CN)C1CC1.Cl. The molecule has 5 nitrogen and oxygen atoms in total. The van der Waals surface area contributed by atoms with Crippen molar-refractivity contribution in [2.45, 2.75) is 45.6 Å². The van der Waals surface area contributed by atoms with Gasteiger partial charge in [0.25, 0.3) is 0 Å². The second kappa shape index (κ2) is 9.15. The van der Waals surface area contributed by atoms with Crippen LogP contribution in [0.2, 0.25) is 0 Å². The van der Waals surface area contributed by atoms with E-state index in [1.165, 1.54) is 0 Å². The quantitative estimate of drug-likeness (QED) is 0.698. The minimum absolute atomic E-state index is 0. The van der Waals surface area contributed by atoms with E-state index in [1.54, 1.807) is 4.90 Å². The first-order valence-corrected chi connectivity index (χ1v) is 6.89. The van der Waals surface area contributed by atoms with E-state index in [1.807, 2.05) is 13.8 Å². The van der Waals surface area contributed by atoms with Gasteiger partial charge in [0.05, 0.1) is 0 Å². The highest BCUT2D eigenvalue weighted by Crippen LogP contribution is 2.32. The van der Waals surface area contributed by atoms with Crippen LogP contribution < -0.4 is 11.1 Å². The van der Waals surface area contributed by atoms with Gasteiger partial charge in [0.2, 0.25) is 11.8 Å². The number of hydrogen-bond donors (Lipinski definition) is 2. The second-order valence-corrected chi connectivity index (χ2v) is 4.81. The van der Waals surface area contributed by atoms with Gasteiger partial charge in [0.15, 0.2) is 0 Å². The van der Waals surface area contributed by atoms with Crippen LogP contribution in [-0.2, 0) is 9.59 Å². The summed E-state index contributed by atoms with van der Waals surface area (Å²) in [7, 11) is 0. The van der Waals surface area contributed by atoms with Crippen molar-refractivity contribution in [1.29, 1.82) is 0 Å². The maximum absolute atomic E-state index is 11.7. The van der Waals surface area contributed by atoms with Crippen LogP contribution >= 0.6 is 12.4 Å². The molecule has 0 aliphatic heterocycles. The lowest BCUT2D eigenvalue weighted by atomic mass is 10.1. The molecular formula is C13H26ClN3O2. The van der Waals surface area contributed by atoms with Crippen molar-refractivity contribution in [3.63, 3.8) is 0 Å². The first-order chi connectivity index (χ1) is 8.62. The lowest BCUT2D eigenvalue weighted by Crippen LogP contribution is -2.42. The topological polar surface area (TPSA) is 75.4 Å². The molecule has 1 saturated carbocycles. The summed E-state index contributed by atoms with van der Waals surface area (Å²) in [6.45, 7) is 5.77. The molecule has 0 saturated heterocycles. The summed E-state index contributed by atoms with van der Waals surface area (Å²) in [5.41, 5.74) is 5.62. The Bertz CT molecular complexity index is 292. The smallest absolute Gasteiger partial charge is 0.223 e. The van der Waals surface area contributed by atoms with E-state index in [-0.39, 0.29) is 43.1 Å². The van der Waals surface area contributed by atoms with Gasteiger partial charge in [-0.05, 0) is 32.6 Å². The van der Waals surface area contributed by atoms with Crippen molar-refractivity contribution in [1.82, 2.24) is 10.2 Å². The van der Waals surface area contributed by atoms with Crippen LogP contribution in [0, 0.1) is 5.92 Å². The maximum atomic E-state index is 11.7. The van der Waals surface area contributed by atoms with Gasteiger partial charge in [-0.15, -0.1) is 12.4 Å². The van der Waals surface area contributed by atoms with Crippen molar-refractivity contribution >= 4 is 24.2 Å². The van der Waals surface area contributed by atoms with E-state index < -0.39 is 0 Å². The number of amides is 2. The highest BCUT2D eigenvalue weighted by molar-refractivity contribution is 5.85. The molecule has 3 N–H and O–H groups in total. The summed E-state index contributed by atoms with van der Waals surface area (Å²) in [6, 6.07) is 0.0982. The minimum Gasteiger partial charge on any atom is -0.352 e. The van der Waals surface area contributed by atoms with Crippen molar-refractivity contribution in [2.75, 3.05) is 19.6 Å². The molecule has 0 aromatic heterocycles. The van der Waals surface area contributed by atoms with Crippen LogP contribution in [0.1, 0.15) is 39.5 Å². The summed E-state index contributed by atoms with van der Waals surface area (Å²) in [6.07, 6.45) is 2.86. The number of carbonyl (C=O) groups is 2. The van der Waals surface area contributed by atoms with Crippen molar-refractivity contribution < 1.29 is 9.59 Å². The number of carbonyl (C=O) groups excluding carboxylic acids is 2. The molecule has 19 heavy (non-hydrogen) atoms. The third-order valence-corrected chi connectivity index (χ3v) is 3.47. The standard InChI is InChI=1S/C13H25N3O2.ClH/c1-3-16(4-2)13(18)8-7-12(17)15-11(9-14)10-5-6-10;/h10-11H,3-9,14H2,1-2H3,(H,15,17);1H. The van der Waals surface area contributed by atoms with Gasteiger partial charge in [-0.2, -0.15) is 0 Å². The molecule has 0 radical (unpaired) electrons. The van der Waals surface area contributed by atoms with Crippen molar-refractivity contribution in [3.05, 3.63) is 0 Å². The van der Waals surface area contributed by atoms with Crippen LogP contribution in [0.15, 0.2) is 0 Å². The predicted octanol–water partition coefficient (Wildman–Crippen LogP) is 0.910. The maximum Gasteiger partial charge on any atom is 0.223 e. The molecule has 2 amide bonds. The second-order valence-electron chi connectivity index (χ2n) is 4.81. The Labute approximate surface area is 121 Å². The number of nitrogens with two attached hydrogens (primary N) is 1. The fourth-order valence-electron chi connectivity index (χ4n) is 2.10. The number of rotatable bonds is 8. The molecular weight excluding hydrogens is 266 g/mol. The van der Waals surface area contributed by atoms with Gasteiger partial charge >= 0.3 is 0 Å². The van der Waals surface area contributed by atoms with E-state index in [0.717, 1.165) is 12.8 Å². The summed E-state index contributed by atoms with van der Waals surface area (Å²) in [5, 5.41) is 2.92. The Balaban J connectivity index is 0.00000324. The molecule has 0 spiro atoms. The molecule has 1 unspecified atom stereocenters. The number of hydrogen-bond acceptors (Lipinski definition) is 3. The van der Waals surface area contributed by atoms with Gasteiger partial charge in [0.1, 0.15) is 0 Å². The number of nitrogens with zero attached hydrogens (tertiary/aromatic N) is 1. The van der Waals surface area contributed by atoms with E-state index in [9.17, 15) is 9.59 Å². The Kier molecular flexibility index (Phi) is 8.76. The van der Waals surface area contributed by atoms with E-state index in [0.29, 0.717) is 25.6 Å². The first kappa shape index (κ1) is 18.2. The summed E-state index contributed by atoms with van der Waals surface area (Å²) in [4.78, 5) is 25.2. The Hall–Kier alpha value is -0.810.